The number of rotatable bonds is 4. The minimum Gasteiger partial charge on any atom is -0.486 e. The molecule has 0 aliphatic heterocycles. The number of nitrogens with zero attached hydrogens (tertiary/aromatic N) is 3. The van der Waals surface area contributed by atoms with Crippen LogP contribution >= 0.6 is 0 Å². The van der Waals surface area contributed by atoms with Gasteiger partial charge in [-0.2, -0.15) is 0 Å². The van der Waals surface area contributed by atoms with Gasteiger partial charge in [-0.05, 0) is 86.8 Å². The first-order chi connectivity index (χ1) is 21.7. The Bertz CT molecular complexity index is 2140. The van der Waals surface area contributed by atoms with Crippen molar-refractivity contribution in [3.05, 3.63) is 136 Å². The zero-order valence-corrected chi connectivity index (χ0v) is 29.8. The van der Waals surface area contributed by atoms with Crippen LogP contribution in [0.15, 0.2) is 89.6 Å². The first-order valence-corrected chi connectivity index (χ1v) is 15.4. The van der Waals surface area contributed by atoms with Crippen molar-refractivity contribution in [3.63, 3.8) is 0 Å². The summed E-state index contributed by atoms with van der Waals surface area (Å²) in [5.74, 6) is 0. The molecule has 0 bridgehead atoms. The smallest absolute Gasteiger partial charge is 0.216 e. The van der Waals surface area contributed by atoms with E-state index in [2.05, 4.69) is 125 Å². The summed E-state index contributed by atoms with van der Waals surface area (Å²) < 4.78 is 6.29. The minimum atomic E-state index is 0. The molecule has 7 rings (SSSR count). The van der Waals surface area contributed by atoms with Gasteiger partial charge in [0.1, 0.15) is 0 Å². The zero-order chi connectivity index (χ0) is 31.7. The topological polar surface area (TPSA) is 51.8 Å². The molecule has 0 aliphatic rings. The van der Waals surface area contributed by atoms with Gasteiger partial charge >= 0.3 is 0 Å². The summed E-state index contributed by atoms with van der Waals surface area (Å²) >= 11 is 0. The molecule has 1 radical (unpaired) electrons. The molecule has 4 nitrogen and oxygen atoms in total. The van der Waals surface area contributed by atoms with Crippen molar-refractivity contribution in [2.75, 3.05) is 0 Å². The van der Waals surface area contributed by atoms with E-state index in [9.17, 15) is 0 Å². The van der Waals surface area contributed by atoms with Gasteiger partial charge in [0.2, 0.25) is 5.71 Å². The van der Waals surface area contributed by atoms with E-state index in [4.69, 9.17) is 9.40 Å². The van der Waals surface area contributed by atoms with Crippen LogP contribution in [-0.2, 0) is 26.5 Å². The fourth-order valence-corrected chi connectivity index (χ4v) is 5.69. The van der Waals surface area contributed by atoms with Crippen molar-refractivity contribution in [3.8, 4) is 33.8 Å². The van der Waals surface area contributed by atoms with Crippen LogP contribution in [0.4, 0.5) is 0 Å². The minimum absolute atomic E-state index is 0. The molecule has 0 unspecified atom stereocenters. The molecule has 3 aromatic carbocycles. The third-order valence-corrected chi connectivity index (χ3v) is 8.51. The van der Waals surface area contributed by atoms with Crippen LogP contribution in [0.25, 0.3) is 55.8 Å². The molecule has 7 aromatic rings. The van der Waals surface area contributed by atoms with E-state index in [1.807, 2.05) is 30.6 Å². The Morgan fingerprint density at radius 1 is 0.674 bits per heavy atom. The van der Waals surface area contributed by atoms with E-state index in [0.717, 1.165) is 51.0 Å². The molecule has 0 saturated heterocycles. The molecule has 233 valence electrons. The van der Waals surface area contributed by atoms with Gasteiger partial charge in [0, 0.05) is 43.4 Å². The number of furan rings is 1. The van der Waals surface area contributed by atoms with E-state index >= 15 is 0 Å². The Morgan fingerprint density at radius 2 is 1.41 bits per heavy atom. The second-order valence-corrected chi connectivity index (χ2v) is 11.8. The maximum absolute atomic E-state index is 6.29. The molecular formula is C41H37IrN3O-2. The van der Waals surface area contributed by atoms with Crippen molar-refractivity contribution in [2.45, 2.75) is 54.9 Å². The molecule has 5 heteroatoms. The van der Waals surface area contributed by atoms with Crippen LogP contribution in [0.1, 0.15) is 45.9 Å². The van der Waals surface area contributed by atoms with Gasteiger partial charge in [-0.15, -0.1) is 53.6 Å². The molecule has 0 fully saturated rings. The average molecular weight is 780 g/mol. The first kappa shape index (κ1) is 32.9. The predicted molar refractivity (Wildman–Crippen MR) is 185 cm³/mol. The van der Waals surface area contributed by atoms with Crippen LogP contribution in [0.2, 0.25) is 0 Å². The third kappa shape index (κ3) is 6.58. The molecule has 46 heavy (non-hydrogen) atoms. The van der Waals surface area contributed by atoms with Crippen LogP contribution < -0.4 is 0 Å². The van der Waals surface area contributed by atoms with E-state index < -0.39 is 0 Å². The van der Waals surface area contributed by atoms with Crippen molar-refractivity contribution in [1.82, 2.24) is 15.0 Å². The number of hydrogen-bond donors (Lipinski definition) is 0. The molecule has 0 spiro atoms. The summed E-state index contributed by atoms with van der Waals surface area (Å²) in [6.07, 6.45) is 4.85. The second-order valence-electron chi connectivity index (χ2n) is 11.8. The summed E-state index contributed by atoms with van der Waals surface area (Å²) in [4.78, 5) is 14.0. The van der Waals surface area contributed by atoms with E-state index in [0.29, 0.717) is 5.71 Å². The summed E-state index contributed by atoms with van der Waals surface area (Å²) in [7, 11) is 0. The average Bonchev–Trinajstić information content (AvgIpc) is 3.41. The van der Waals surface area contributed by atoms with Crippen LogP contribution in [0.3, 0.4) is 0 Å². The molecule has 0 atom stereocenters. The van der Waals surface area contributed by atoms with Crippen molar-refractivity contribution in [1.29, 1.82) is 0 Å². The number of aryl methyl sites for hydroxylation is 7. The van der Waals surface area contributed by atoms with Gasteiger partial charge in [0.15, 0.2) is 0 Å². The maximum Gasteiger partial charge on any atom is 0.216 e. The Kier molecular flexibility index (Phi) is 9.96. The van der Waals surface area contributed by atoms with E-state index in [1.54, 1.807) is 0 Å². The number of pyridine rings is 3. The Morgan fingerprint density at radius 3 is 2.09 bits per heavy atom. The Hall–Kier alpha value is -4.44. The third-order valence-electron chi connectivity index (χ3n) is 8.51. The van der Waals surface area contributed by atoms with Crippen LogP contribution in [0, 0.1) is 53.7 Å². The fourth-order valence-electron chi connectivity index (χ4n) is 5.69. The summed E-state index contributed by atoms with van der Waals surface area (Å²) in [6.45, 7) is 14.8. The van der Waals surface area contributed by atoms with Crippen molar-refractivity contribution in [2.24, 2.45) is 0 Å². The van der Waals surface area contributed by atoms with Crippen LogP contribution in [-0.4, -0.2) is 15.0 Å². The molecule has 0 amide bonds. The number of hydrogen-bond acceptors (Lipinski definition) is 4. The van der Waals surface area contributed by atoms with Crippen molar-refractivity contribution >= 4 is 22.1 Å². The fraction of sp³-hybridized carbons (Fsp3) is 0.195. The molecule has 0 N–H and O–H groups in total. The predicted octanol–water partition coefficient (Wildman–Crippen LogP) is 10.5. The molecule has 4 heterocycles. The maximum atomic E-state index is 6.29. The molecular weight excluding hydrogens is 743 g/mol. The largest absolute Gasteiger partial charge is 0.486 e. The normalized spacial score (nSPS) is 10.8. The van der Waals surface area contributed by atoms with Gasteiger partial charge < -0.3 is 14.4 Å². The number of aromatic nitrogens is 3. The van der Waals surface area contributed by atoms with Gasteiger partial charge in [-0.25, -0.2) is 4.98 Å². The number of fused-ring (bicyclic) bond motifs is 3. The molecule has 0 aliphatic carbocycles. The monoisotopic (exact) mass is 780 g/mol. The van der Waals surface area contributed by atoms with Gasteiger partial charge in [-0.1, -0.05) is 66.3 Å². The van der Waals surface area contributed by atoms with Crippen molar-refractivity contribution < 1.29 is 24.5 Å². The quantitative estimate of drug-likeness (QED) is 0.167. The first-order valence-electron chi connectivity index (χ1n) is 15.4. The number of benzene rings is 3. The van der Waals surface area contributed by atoms with Gasteiger partial charge in [0.05, 0.1) is 11.3 Å². The van der Waals surface area contributed by atoms with Gasteiger partial charge in [0.25, 0.3) is 0 Å². The summed E-state index contributed by atoms with van der Waals surface area (Å²) in [5.41, 5.74) is 16.0. The van der Waals surface area contributed by atoms with Gasteiger partial charge in [-0.3, -0.25) is 0 Å². The van der Waals surface area contributed by atoms with E-state index in [-0.39, 0.29) is 20.1 Å². The Balaban J connectivity index is 0.000000220. The summed E-state index contributed by atoms with van der Waals surface area (Å²) in [6, 6.07) is 31.4. The van der Waals surface area contributed by atoms with Crippen LogP contribution in [0.5, 0.6) is 0 Å². The standard InChI is InChI=1S/C27H23N2O.C14H14N.Ir/c1-5-19-15-28-24(14-18(19)4)22-11-7-10-20-21-12-13-23(29-27(21)30-26(20)22)25-16(2)8-6-9-17(25)3;1-10-4-6-13(7-5-10)14-8-11(2)12(3)9-15-14;/h6-10,12-15H,5H2,1-4H3;4-6,8-9H,1-3H3;/q2*-1;. The zero-order valence-electron chi connectivity index (χ0n) is 27.4. The molecule has 0 saturated carbocycles. The van der Waals surface area contributed by atoms with E-state index in [1.165, 1.54) is 44.5 Å². The molecule has 4 aromatic heterocycles. The second kappa shape index (κ2) is 13.9. The SMILES string of the molecule is CCc1cnc(-c2[c-]ccc3c2oc2nc(-c4c(C)cccc4C)ccc23)cc1C.Cc1c[c-]c(-c2cc(C)c(C)cn2)cc1.[Ir]. The Labute approximate surface area is 285 Å². The summed E-state index contributed by atoms with van der Waals surface area (Å²) in [5, 5.41) is 2.05.